The Morgan fingerprint density at radius 1 is 0.714 bits per heavy atom. The van der Waals surface area contributed by atoms with E-state index in [1.165, 1.54) is 0 Å². The molecule has 3 heteroatoms. The number of hydrogen-bond donors (Lipinski definition) is 0. The first-order valence-corrected chi connectivity index (χ1v) is 6.81. The number of benzene rings is 1. The van der Waals surface area contributed by atoms with Crippen LogP contribution in [0.1, 0.15) is 17.0 Å². The van der Waals surface area contributed by atoms with Gasteiger partial charge in [-0.25, -0.2) is 0 Å². The maximum Gasteiger partial charge on any atom is 0.176 e. The van der Waals surface area contributed by atoms with Gasteiger partial charge in [-0.05, 0) is 29.8 Å². The molecule has 3 rings (SSSR count). The van der Waals surface area contributed by atoms with Crippen LogP contribution in [-0.2, 0) is 10.3 Å². The van der Waals surface area contributed by atoms with Gasteiger partial charge in [0.05, 0.1) is 11.4 Å². The van der Waals surface area contributed by atoms with Gasteiger partial charge in [-0.2, -0.15) is 0 Å². The van der Waals surface area contributed by atoms with E-state index in [0.717, 1.165) is 17.0 Å². The van der Waals surface area contributed by atoms with Crippen LogP contribution in [-0.4, -0.2) is 17.1 Å². The van der Waals surface area contributed by atoms with Gasteiger partial charge < -0.3 is 4.74 Å². The minimum absolute atomic E-state index is 0.802. The van der Waals surface area contributed by atoms with Gasteiger partial charge in [0.25, 0.3) is 0 Å². The fourth-order valence-corrected chi connectivity index (χ4v) is 2.57. The Bertz CT molecular complexity index is 588. The molecule has 3 nitrogen and oxygen atoms in total. The number of pyridine rings is 2. The first-order valence-electron chi connectivity index (χ1n) is 6.81. The van der Waals surface area contributed by atoms with Crippen molar-refractivity contribution in [2.45, 2.75) is 5.60 Å². The summed E-state index contributed by atoms with van der Waals surface area (Å²) >= 11 is 0. The maximum atomic E-state index is 5.97. The molecule has 2 aromatic heterocycles. The van der Waals surface area contributed by atoms with Crippen LogP contribution < -0.4 is 0 Å². The molecule has 0 aliphatic rings. The van der Waals surface area contributed by atoms with Crippen molar-refractivity contribution in [1.29, 1.82) is 0 Å². The smallest absolute Gasteiger partial charge is 0.176 e. The van der Waals surface area contributed by atoms with Gasteiger partial charge in [0, 0.05) is 19.5 Å². The molecule has 0 atom stereocenters. The van der Waals surface area contributed by atoms with Crippen molar-refractivity contribution in [2.75, 3.05) is 7.11 Å². The van der Waals surface area contributed by atoms with Crippen molar-refractivity contribution < 1.29 is 4.74 Å². The summed E-state index contributed by atoms with van der Waals surface area (Å²) in [5.41, 5.74) is 1.84. The molecule has 0 radical (unpaired) electrons. The second-order valence-corrected chi connectivity index (χ2v) is 4.68. The zero-order valence-electron chi connectivity index (χ0n) is 11.8. The number of aromatic nitrogens is 2. The molecular weight excluding hydrogens is 260 g/mol. The van der Waals surface area contributed by atoms with Crippen LogP contribution in [0.15, 0.2) is 79.1 Å². The molecule has 1 aromatic carbocycles. The molecule has 0 unspecified atom stereocenters. The quantitative estimate of drug-likeness (QED) is 0.732. The van der Waals surface area contributed by atoms with Crippen LogP contribution in [0.4, 0.5) is 0 Å². The number of hydrogen-bond acceptors (Lipinski definition) is 3. The van der Waals surface area contributed by atoms with E-state index < -0.39 is 5.60 Å². The van der Waals surface area contributed by atoms with E-state index in [-0.39, 0.29) is 0 Å². The van der Waals surface area contributed by atoms with Crippen molar-refractivity contribution in [3.05, 3.63) is 96.1 Å². The van der Waals surface area contributed by atoms with Crippen molar-refractivity contribution in [3.63, 3.8) is 0 Å². The Kier molecular flexibility index (Phi) is 3.75. The number of ether oxygens (including phenoxy) is 1. The maximum absolute atomic E-state index is 5.97. The van der Waals surface area contributed by atoms with Gasteiger partial charge >= 0.3 is 0 Å². The standard InChI is InChI=1S/C18H16N2O/c1-21-18(15-9-3-2-4-10-15,16-11-5-7-13-19-16)17-12-6-8-14-20-17/h2-14H,1H3. The number of nitrogens with zero attached hydrogens (tertiary/aromatic N) is 2. The summed E-state index contributed by atoms with van der Waals surface area (Å²) in [6, 6.07) is 21.7. The molecule has 0 fully saturated rings. The van der Waals surface area contributed by atoms with Crippen LogP contribution >= 0.6 is 0 Å². The lowest BCUT2D eigenvalue weighted by molar-refractivity contribution is 0.0511. The summed E-state index contributed by atoms with van der Waals surface area (Å²) < 4.78 is 5.97. The fraction of sp³-hybridized carbons (Fsp3) is 0.111. The highest BCUT2D eigenvalue weighted by Gasteiger charge is 2.39. The lowest BCUT2D eigenvalue weighted by Gasteiger charge is -2.32. The summed E-state index contributed by atoms with van der Waals surface area (Å²) in [5.74, 6) is 0. The molecular formula is C18H16N2O. The third-order valence-electron chi connectivity index (χ3n) is 3.54. The molecule has 0 amide bonds. The molecule has 2 heterocycles. The zero-order valence-corrected chi connectivity index (χ0v) is 11.8. The van der Waals surface area contributed by atoms with Gasteiger partial charge in [0.1, 0.15) is 0 Å². The second kappa shape index (κ2) is 5.85. The van der Waals surface area contributed by atoms with E-state index >= 15 is 0 Å². The van der Waals surface area contributed by atoms with Crippen LogP contribution in [0, 0.1) is 0 Å². The van der Waals surface area contributed by atoms with Crippen molar-refractivity contribution in [3.8, 4) is 0 Å². The Balaban J connectivity index is 2.29. The van der Waals surface area contributed by atoms with E-state index in [1.54, 1.807) is 19.5 Å². The van der Waals surface area contributed by atoms with Crippen molar-refractivity contribution in [2.24, 2.45) is 0 Å². The Morgan fingerprint density at radius 3 is 1.67 bits per heavy atom. The van der Waals surface area contributed by atoms with Crippen LogP contribution in [0.2, 0.25) is 0 Å². The predicted octanol–water partition coefficient (Wildman–Crippen LogP) is 3.41. The van der Waals surface area contributed by atoms with Gasteiger partial charge in [-0.3, -0.25) is 9.97 Å². The van der Waals surface area contributed by atoms with E-state index in [1.807, 2.05) is 66.7 Å². The third kappa shape index (κ3) is 2.32. The highest BCUT2D eigenvalue weighted by atomic mass is 16.5. The van der Waals surface area contributed by atoms with E-state index in [4.69, 9.17) is 4.74 Å². The monoisotopic (exact) mass is 276 g/mol. The highest BCUT2D eigenvalue weighted by molar-refractivity contribution is 5.41. The minimum Gasteiger partial charge on any atom is -0.361 e. The average Bonchev–Trinajstić information content (AvgIpc) is 2.59. The topological polar surface area (TPSA) is 35.0 Å². The molecule has 0 saturated heterocycles. The first kappa shape index (κ1) is 13.5. The summed E-state index contributed by atoms with van der Waals surface area (Å²) in [6.45, 7) is 0. The molecule has 0 aliphatic carbocycles. The molecule has 0 aliphatic heterocycles. The van der Waals surface area contributed by atoms with Crippen LogP contribution in [0.25, 0.3) is 0 Å². The molecule has 0 bridgehead atoms. The predicted molar refractivity (Wildman–Crippen MR) is 81.8 cm³/mol. The zero-order chi connectivity index (χ0) is 14.5. The van der Waals surface area contributed by atoms with Gasteiger partial charge in [0.2, 0.25) is 0 Å². The molecule has 0 spiro atoms. The first-order chi connectivity index (χ1) is 10.4. The van der Waals surface area contributed by atoms with Gasteiger partial charge in [-0.15, -0.1) is 0 Å². The largest absolute Gasteiger partial charge is 0.361 e. The second-order valence-electron chi connectivity index (χ2n) is 4.68. The van der Waals surface area contributed by atoms with E-state index in [0.29, 0.717) is 0 Å². The van der Waals surface area contributed by atoms with Gasteiger partial charge in [0.15, 0.2) is 5.60 Å². The fourth-order valence-electron chi connectivity index (χ4n) is 2.57. The number of rotatable bonds is 4. The summed E-state index contributed by atoms with van der Waals surface area (Å²) in [6.07, 6.45) is 3.55. The normalized spacial score (nSPS) is 11.3. The lowest BCUT2D eigenvalue weighted by Crippen LogP contribution is -2.33. The minimum atomic E-state index is -0.802. The van der Waals surface area contributed by atoms with Crippen molar-refractivity contribution >= 4 is 0 Å². The molecule has 21 heavy (non-hydrogen) atoms. The number of methoxy groups -OCH3 is 1. The summed E-state index contributed by atoms with van der Waals surface area (Å²) in [4.78, 5) is 9.02. The lowest BCUT2D eigenvalue weighted by atomic mass is 9.86. The molecule has 3 aromatic rings. The SMILES string of the molecule is COC(c1ccccc1)(c1ccccn1)c1ccccn1. The summed E-state index contributed by atoms with van der Waals surface area (Å²) in [7, 11) is 1.69. The van der Waals surface area contributed by atoms with Crippen LogP contribution in [0.5, 0.6) is 0 Å². The van der Waals surface area contributed by atoms with Crippen molar-refractivity contribution in [1.82, 2.24) is 9.97 Å². The van der Waals surface area contributed by atoms with E-state index in [9.17, 15) is 0 Å². The Morgan fingerprint density at radius 2 is 1.24 bits per heavy atom. The molecule has 0 N–H and O–H groups in total. The van der Waals surface area contributed by atoms with Crippen LogP contribution in [0.3, 0.4) is 0 Å². The third-order valence-corrected chi connectivity index (χ3v) is 3.54. The summed E-state index contributed by atoms with van der Waals surface area (Å²) in [5, 5.41) is 0. The Labute approximate surface area is 124 Å². The molecule has 104 valence electrons. The van der Waals surface area contributed by atoms with E-state index in [2.05, 4.69) is 9.97 Å². The molecule has 0 saturated carbocycles. The average molecular weight is 276 g/mol. The Hall–Kier alpha value is -2.52. The van der Waals surface area contributed by atoms with Gasteiger partial charge in [-0.1, -0.05) is 42.5 Å². The highest BCUT2D eigenvalue weighted by Crippen LogP contribution is 2.37.